The van der Waals surface area contributed by atoms with Crippen molar-refractivity contribution in [2.45, 2.75) is 39.2 Å². The topological polar surface area (TPSA) is 98.2 Å². The number of amides is 1. The van der Waals surface area contributed by atoms with Crippen LogP contribution < -0.4 is 5.32 Å². The van der Waals surface area contributed by atoms with Crippen LogP contribution in [0, 0.1) is 13.8 Å². The Morgan fingerprint density at radius 2 is 2.07 bits per heavy atom. The second-order valence-corrected chi connectivity index (χ2v) is 7.49. The molecule has 1 saturated carbocycles. The average molecular weight is 388 g/mol. The molecule has 8 nitrogen and oxygen atoms in total. The van der Waals surface area contributed by atoms with Crippen molar-refractivity contribution >= 4 is 11.6 Å². The minimum Gasteiger partial charge on any atom is -0.345 e. The first-order valence-corrected chi connectivity index (χ1v) is 9.61. The van der Waals surface area contributed by atoms with Crippen molar-refractivity contribution in [1.82, 2.24) is 30.1 Å². The van der Waals surface area contributed by atoms with Gasteiger partial charge in [0, 0.05) is 23.2 Å². The van der Waals surface area contributed by atoms with E-state index in [1.165, 1.54) is 0 Å². The van der Waals surface area contributed by atoms with Gasteiger partial charge in [0.1, 0.15) is 0 Å². The van der Waals surface area contributed by atoms with Gasteiger partial charge < -0.3 is 9.84 Å². The zero-order valence-corrected chi connectivity index (χ0v) is 16.2. The molecule has 0 atom stereocenters. The summed E-state index contributed by atoms with van der Waals surface area (Å²) >= 11 is 0. The summed E-state index contributed by atoms with van der Waals surface area (Å²) in [5, 5.41) is 15.4. The molecule has 1 fully saturated rings. The number of aromatic nitrogens is 5. The number of benzene rings is 1. The fourth-order valence-corrected chi connectivity index (χ4v) is 3.29. The lowest BCUT2D eigenvalue weighted by molar-refractivity contribution is 0.0949. The maximum atomic E-state index is 12.6. The summed E-state index contributed by atoms with van der Waals surface area (Å²) in [5.74, 6) is 2.22. The molecule has 1 N–H and O–H groups in total. The lowest BCUT2D eigenvalue weighted by Gasteiger charge is -2.08. The van der Waals surface area contributed by atoms with Crippen LogP contribution in [0.15, 0.2) is 41.1 Å². The van der Waals surface area contributed by atoms with Crippen LogP contribution >= 0.6 is 0 Å². The maximum absolute atomic E-state index is 12.6. The van der Waals surface area contributed by atoms with Gasteiger partial charge in [0.2, 0.25) is 0 Å². The first-order chi connectivity index (χ1) is 14.1. The monoisotopic (exact) mass is 388 g/mol. The first kappa shape index (κ1) is 17.5. The van der Waals surface area contributed by atoms with Gasteiger partial charge in [-0.15, -0.1) is 10.2 Å². The summed E-state index contributed by atoms with van der Waals surface area (Å²) < 4.78 is 7.22. The summed E-state index contributed by atoms with van der Waals surface area (Å²) in [5.41, 5.74) is 4.12. The lowest BCUT2D eigenvalue weighted by atomic mass is 10.1. The minimum absolute atomic E-state index is 0.127. The van der Waals surface area contributed by atoms with Crippen LogP contribution in [-0.4, -0.2) is 30.6 Å². The van der Waals surface area contributed by atoms with Gasteiger partial charge in [-0.25, -0.2) is 0 Å². The van der Waals surface area contributed by atoms with Gasteiger partial charge >= 0.3 is 0 Å². The number of fused-ring (bicyclic) bond motifs is 1. The summed E-state index contributed by atoms with van der Waals surface area (Å²) in [7, 11) is 0. The number of pyridine rings is 1. The Balaban J connectivity index is 1.34. The second kappa shape index (κ2) is 6.80. The Morgan fingerprint density at radius 3 is 2.90 bits per heavy atom. The van der Waals surface area contributed by atoms with Crippen LogP contribution in [0.25, 0.3) is 17.1 Å². The van der Waals surface area contributed by atoms with Crippen molar-refractivity contribution in [3.63, 3.8) is 0 Å². The average Bonchev–Trinajstić information content (AvgIpc) is 3.31. The second-order valence-electron chi connectivity index (χ2n) is 7.49. The van der Waals surface area contributed by atoms with E-state index in [9.17, 15) is 4.79 Å². The number of hydrogen-bond donors (Lipinski definition) is 1. The number of rotatable bonds is 5. The molecule has 1 aliphatic carbocycles. The predicted molar refractivity (Wildman–Crippen MR) is 105 cm³/mol. The van der Waals surface area contributed by atoms with E-state index in [0.29, 0.717) is 28.8 Å². The van der Waals surface area contributed by atoms with Crippen molar-refractivity contribution in [2.24, 2.45) is 0 Å². The molecular weight excluding hydrogens is 368 g/mol. The quantitative estimate of drug-likeness (QED) is 0.564. The number of carbonyl (C=O) groups is 1. The van der Waals surface area contributed by atoms with E-state index in [0.717, 1.165) is 35.4 Å². The van der Waals surface area contributed by atoms with Gasteiger partial charge in [-0.2, -0.15) is 4.98 Å². The molecular formula is C21H20N6O2. The highest BCUT2D eigenvalue weighted by atomic mass is 16.5. The van der Waals surface area contributed by atoms with E-state index < -0.39 is 0 Å². The molecule has 0 saturated heterocycles. The summed E-state index contributed by atoms with van der Waals surface area (Å²) in [6.45, 7) is 4.17. The molecule has 0 spiro atoms. The summed E-state index contributed by atoms with van der Waals surface area (Å²) in [6, 6.07) is 9.57. The minimum atomic E-state index is -0.127. The lowest BCUT2D eigenvalue weighted by Crippen LogP contribution is -2.24. The number of hydrogen-bond acceptors (Lipinski definition) is 6. The third-order valence-electron chi connectivity index (χ3n) is 5.16. The highest BCUT2D eigenvalue weighted by Gasteiger charge is 2.29. The van der Waals surface area contributed by atoms with Crippen LogP contribution in [0.3, 0.4) is 0 Å². The molecule has 0 bridgehead atoms. The summed E-state index contributed by atoms with van der Waals surface area (Å²) in [6.07, 6.45) is 4.10. The van der Waals surface area contributed by atoms with Crippen molar-refractivity contribution in [3.05, 3.63) is 64.9 Å². The molecule has 4 aromatic rings. The zero-order valence-electron chi connectivity index (χ0n) is 16.2. The number of aryl methyl sites for hydroxylation is 2. The molecule has 29 heavy (non-hydrogen) atoms. The molecule has 146 valence electrons. The van der Waals surface area contributed by atoms with Crippen LogP contribution in [0.5, 0.6) is 0 Å². The van der Waals surface area contributed by atoms with E-state index in [2.05, 4.69) is 25.7 Å². The number of nitrogens with zero attached hydrogens (tertiary/aromatic N) is 5. The van der Waals surface area contributed by atoms with Gasteiger partial charge in [0.05, 0.1) is 6.54 Å². The van der Waals surface area contributed by atoms with Crippen LogP contribution in [0.1, 0.15) is 51.9 Å². The third kappa shape index (κ3) is 3.37. The van der Waals surface area contributed by atoms with Gasteiger partial charge in [0.15, 0.2) is 17.3 Å². The van der Waals surface area contributed by atoms with Crippen LogP contribution in [-0.2, 0) is 6.54 Å². The van der Waals surface area contributed by atoms with E-state index in [4.69, 9.17) is 4.52 Å². The van der Waals surface area contributed by atoms with Gasteiger partial charge in [-0.3, -0.25) is 9.20 Å². The van der Waals surface area contributed by atoms with Gasteiger partial charge in [-0.05, 0) is 50.5 Å². The van der Waals surface area contributed by atoms with Crippen molar-refractivity contribution in [3.8, 4) is 11.5 Å². The molecule has 3 heterocycles. The van der Waals surface area contributed by atoms with Crippen LogP contribution in [0.2, 0.25) is 0 Å². The van der Waals surface area contributed by atoms with Gasteiger partial charge in [0.25, 0.3) is 11.8 Å². The Bertz CT molecular complexity index is 1220. The SMILES string of the molecule is Cc1ccc(C)c(C(=O)NCc2nnc3cc(-c4nc(C5CC5)no4)ccn23)c1. The fourth-order valence-electron chi connectivity index (χ4n) is 3.29. The van der Waals surface area contributed by atoms with E-state index in [1.807, 2.05) is 54.8 Å². The zero-order chi connectivity index (χ0) is 20.0. The highest BCUT2D eigenvalue weighted by molar-refractivity contribution is 5.95. The van der Waals surface area contributed by atoms with E-state index in [1.54, 1.807) is 0 Å². The Morgan fingerprint density at radius 1 is 1.21 bits per heavy atom. The Kier molecular flexibility index (Phi) is 4.12. The molecule has 0 unspecified atom stereocenters. The fraction of sp³-hybridized carbons (Fsp3) is 0.286. The number of nitrogens with one attached hydrogen (secondary N) is 1. The van der Waals surface area contributed by atoms with E-state index in [-0.39, 0.29) is 12.5 Å². The molecule has 8 heteroatoms. The first-order valence-electron chi connectivity index (χ1n) is 9.61. The molecule has 1 aliphatic rings. The van der Waals surface area contributed by atoms with E-state index >= 15 is 0 Å². The maximum Gasteiger partial charge on any atom is 0.258 e. The van der Waals surface area contributed by atoms with Crippen LogP contribution in [0.4, 0.5) is 0 Å². The largest absolute Gasteiger partial charge is 0.345 e. The normalized spacial score (nSPS) is 13.7. The molecule has 0 aliphatic heterocycles. The molecule has 0 radical (unpaired) electrons. The van der Waals surface area contributed by atoms with Crippen molar-refractivity contribution in [2.75, 3.05) is 0 Å². The van der Waals surface area contributed by atoms with Gasteiger partial charge in [-0.1, -0.05) is 22.9 Å². The Hall–Kier alpha value is -3.55. The molecule has 1 aromatic carbocycles. The summed E-state index contributed by atoms with van der Waals surface area (Å²) in [4.78, 5) is 17.0. The standard InChI is InChI=1S/C21H20N6O2/c1-12-3-4-13(2)16(9-12)20(28)22-11-18-25-24-17-10-15(7-8-27(17)18)21-23-19(26-29-21)14-5-6-14/h3-4,7-10,14H,5-6,11H2,1-2H3,(H,22,28). The Labute approximate surface area is 167 Å². The van der Waals surface area contributed by atoms with Crippen molar-refractivity contribution in [1.29, 1.82) is 0 Å². The predicted octanol–water partition coefficient (Wildman–Crippen LogP) is 3.20. The van der Waals surface area contributed by atoms with Crippen molar-refractivity contribution < 1.29 is 9.32 Å². The molecule has 3 aromatic heterocycles. The third-order valence-corrected chi connectivity index (χ3v) is 5.16. The highest BCUT2D eigenvalue weighted by Crippen LogP contribution is 2.38. The number of carbonyl (C=O) groups excluding carboxylic acids is 1. The molecule has 5 rings (SSSR count). The smallest absolute Gasteiger partial charge is 0.258 e. The molecule has 1 amide bonds.